The van der Waals surface area contributed by atoms with Crippen LogP contribution in [0, 0.1) is 0 Å². The van der Waals surface area contributed by atoms with E-state index in [1.54, 1.807) is 14.1 Å². The van der Waals surface area contributed by atoms with E-state index >= 15 is 0 Å². The van der Waals surface area contributed by atoms with Crippen LogP contribution in [0.4, 0.5) is 5.82 Å². The van der Waals surface area contributed by atoms with Gasteiger partial charge in [-0.25, -0.2) is 0 Å². The number of aliphatic carboxylic acids is 1. The summed E-state index contributed by atoms with van der Waals surface area (Å²) in [5, 5.41) is 18.3. The highest BCUT2D eigenvalue weighted by Gasteiger charge is 2.09. The van der Waals surface area contributed by atoms with Crippen LogP contribution in [0.3, 0.4) is 0 Å². The molecule has 0 bridgehead atoms. The molecule has 7 heteroatoms. The lowest BCUT2D eigenvalue weighted by Crippen LogP contribution is -2.23. The molecule has 0 radical (unpaired) electrons. The molecule has 1 heterocycles. The van der Waals surface area contributed by atoms with Crippen LogP contribution in [-0.4, -0.2) is 52.7 Å². The number of amides is 1. The van der Waals surface area contributed by atoms with Gasteiger partial charge in [-0.15, -0.1) is 10.2 Å². The molecule has 7 nitrogen and oxygen atoms in total. The van der Waals surface area contributed by atoms with Gasteiger partial charge >= 0.3 is 5.97 Å². The van der Waals surface area contributed by atoms with Gasteiger partial charge in [0.1, 0.15) is 12.4 Å². The molecule has 0 atom stereocenters. The summed E-state index contributed by atoms with van der Waals surface area (Å²) in [5.41, 5.74) is 0.214. The summed E-state index contributed by atoms with van der Waals surface area (Å²) in [6.07, 6.45) is 0. The molecule has 0 aliphatic carbocycles. The van der Waals surface area contributed by atoms with Crippen molar-refractivity contribution in [2.45, 2.75) is 0 Å². The largest absolute Gasteiger partial charge is 0.480 e. The molecular weight excluding hydrogens is 212 g/mol. The summed E-state index contributed by atoms with van der Waals surface area (Å²) in [5.74, 6) is -0.926. The van der Waals surface area contributed by atoms with Crippen LogP contribution in [0.5, 0.6) is 0 Å². The normalized spacial score (nSPS) is 9.62. The van der Waals surface area contributed by atoms with Gasteiger partial charge in [0.15, 0.2) is 5.69 Å². The number of nitrogens with one attached hydrogen (secondary N) is 1. The predicted octanol–water partition coefficient (Wildman–Crippen LogP) is -0.325. The van der Waals surface area contributed by atoms with E-state index in [2.05, 4.69) is 15.5 Å². The highest BCUT2D eigenvalue weighted by Crippen LogP contribution is 2.02. The highest BCUT2D eigenvalue weighted by atomic mass is 16.4. The van der Waals surface area contributed by atoms with Crippen molar-refractivity contribution >= 4 is 17.7 Å². The van der Waals surface area contributed by atoms with Crippen LogP contribution in [0.25, 0.3) is 0 Å². The van der Waals surface area contributed by atoms with E-state index in [9.17, 15) is 9.59 Å². The summed E-state index contributed by atoms with van der Waals surface area (Å²) in [7, 11) is 3.22. The van der Waals surface area contributed by atoms with Gasteiger partial charge in [-0.2, -0.15) is 0 Å². The van der Waals surface area contributed by atoms with Crippen molar-refractivity contribution in [2.75, 3.05) is 26.0 Å². The first-order valence-electron chi connectivity index (χ1n) is 4.51. The fourth-order valence-electron chi connectivity index (χ4n) is 0.936. The topological polar surface area (TPSA) is 95.4 Å². The molecule has 0 fully saturated rings. The second kappa shape index (κ2) is 5.06. The lowest BCUT2D eigenvalue weighted by atomic mass is 10.3. The highest BCUT2D eigenvalue weighted by molar-refractivity contribution is 5.91. The SMILES string of the molecule is CN(C)C(=O)c1ccc(NCC(=O)O)nn1. The average Bonchev–Trinajstić information content (AvgIpc) is 2.26. The van der Waals surface area contributed by atoms with Crippen LogP contribution in [0.15, 0.2) is 12.1 Å². The van der Waals surface area contributed by atoms with Gasteiger partial charge < -0.3 is 15.3 Å². The summed E-state index contributed by atoms with van der Waals surface area (Å²) < 4.78 is 0. The van der Waals surface area contributed by atoms with E-state index in [1.807, 2.05) is 0 Å². The molecule has 16 heavy (non-hydrogen) atoms. The van der Waals surface area contributed by atoms with E-state index in [0.717, 1.165) is 0 Å². The molecule has 0 unspecified atom stereocenters. The Morgan fingerprint density at radius 3 is 2.50 bits per heavy atom. The molecule has 0 aliphatic rings. The van der Waals surface area contributed by atoms with Crippen molar-refractivity contribution in [2.24, 2.45) is 0 Å². The van der Waals surface area contributed by atoms with Gasteiger partial charge in [0.05, 0.1) is 0 Å². The smallest absolute Gasteiger partial charge is 0.322 e. The van der Waals surface area contributed by atoms with Gasteiger partial charge in [0.25, 0.3) is 5.91 Å². The molecule has 1 rings (SSSR count). The number of carbonyl (C=O) groups excluding carboxylic acids is 1. The second-order valence-electron chi connectivity index (χ2n) is 3.25. The van der Waals surface area contributed by atoms with E-state index in [0.29, 0.717) is 5.82 Å². The minimum Gasteiger partial charge on any atom is -0.480 e. The van der Waals surface area contributed by atoms with E-state index in [-0.39, 0.29) is 18.1 Å². The Labute approximate surface area is 92.1 Å². The Kier molecular flexibility index (Phi) is 3.76. The maximum absolute atomic E-state index is 11.4. The van der Waals surface area contributed by atoms with Gasteiger partial charge in [0.2, 0.25) is 0 Å². The molecule has 1 amide bonds. The Balaban J connectivity index is 2.68. The molecule has 1 aromatic heterocycles. The summed E-state index contributed by atoms with van der Waals surface area (Å²) in [4.78, 5) is 23.1. The minimum atomic E-state index is -0.991. The monoisotopic (exact) mass is 224 g/mol. The number of nitrogens with zero attached hydrogens (tertiary/aromatic N) is 3. The molecule has 0 aliphatic heterocycles. The fourth-order valence-corrected chi connectivity index (χ4v) is 0.936. The first-order chi connectivity index (χ1) is 7.50. The lowest BCUT2D eigenvalue weighted by molar-refractivity contribution is -0.134. The Bertz CT molecular complexity index is 388. The first-order valence-corrected chi connectivity index (χ1v) is 4.51. The molecular formula is C9H12N4O3. The third-order valence-corrected chi connectivity index (χ3v) is 1.71. The van der Waals surface area contributed by atoms with Crippen molar-refractivity contribution in [3.05, 3.63) is 17.8 Å². The third kappa shape index (κ3) is 3.19. The van der Waals surface area contributed by atoms with Gasteiger partial charge in [-0.05, 0) is 12.1 Å². The maximum Gasteiger partial charge on any atom is 0.322 e. The van der Waals surface area contributed by atoms with E-state index in [4.69, 9.17) is 5.11 Å². The molecule has 0 aromatic carbocycles. The van der Waals surface area contributed by atoms with Crippen LogP contribution in [0.2, 0.25) is 0 Å². The first kappa shape index (κ1) is 11.9. The molecule has 0 spiro atoms. The van der Waals surface area contributed by atoms with Crippen molar-refractivity contribution in [1.82, 2.24) is 15.1 Å². The number of carboxylic acids is 1. The minimum absolute atomic E-state index is 0.214. The maximum atomic E-state index is 11.4. The van der Waals surface area contributed by atoms with Crippen LogP contribution in [0.1, 0.15) is 10.5 Å². The Morgan fingerprint density at radius 2 is 2.06 bits per heavy atom. The van der Waals surface area contributed by atoms with E-state index < -0.39 is 5.97 Å². The lowest BCUT2D eigenvalue weighted by Gasteiger charge is -2.08. The molecule has 86 valence electrons. The molecule has 0 saturated carbocycles. The van der Waals surface area contributed by atoms with Gasteiger partial charge in [-0.1, -0.05) is 0 Å². The number of hydrogen-bond acceptors (Lipinski definition) is 5. The Morgan fingerprint density at radius 1 is 1.38 bits per heavy atom. The number of rotatable bonds is 4. The van der Waals surface area contributed by atoms with Crippen LogP contribution >= 0.6 is 0 Å². The summed E-state index contributed by atoms with van der Waals surface area (Å²) >= 11 is 0. The molecule has 1 aromatic rings. The quantitative estimate of drug-likeness (QED) is 0.727. The number of hydrogen-bond donors (Lipinski definition) is 2. The fraction of sp³-hybridized carbons (Fsp3) is 0.333. The van der Waals surface area contributed by atoms with Crippen molar-refractivity contribution in [3.63, 3.8) is 0 Å². The zero-order chi connectivity index (χ0) is 12.1. The number of aromatic nitrogens is 2. The zero-order valence-electron chi connectivity index (χ0n) is 8.97. The molecule has 2 N–H and O–H groups in total. The number of carbonyl (C=O) groups is 2. The zero-order valence-corrected chi connectivity index (χ0v) is 8.97. The van der Waals surface area contributed by atoms with Crippen molar-refractivity contribution in [3.8, 4) is 0 Å². The van der Waals surface area contributed by atoms with E-state index in [1.165, 1.54) is 17.0 Å². The van der Waals surface area contributed by atoms with Gasteiger partial charge in [0, 0.05) is 14.1 Å². The third-order valence-electron chi connectivity index (χ3n) is 1.71. The summed E-state index contributed by atoms with van der Waals surface area (Å²) in [6.45, 7) is -0.240. The predicted molar refractivity (Wildman–Crippen MR) is 56.2 cm³/mol. The molecule has 0 saturated heterocycles. The van der Waals surface area contributed by atoms with Crippen LogP contribution in [-0.2, 0) is 4.79 Å². The number of carboxylic acid groups (broad SMARTS) is 1. The summed E-state index contributed by atoms with van der Waals surface area (Å²) in [6, 6.07) is 2.99. The van der Waals surface area contributed by atoms with Crippen molar-refractivity contribution < 1.29 is 14.7 Å². The second-order valence-corrected chi connectivity index (χ2v) is 3.25. The Hall–Kier alpha value is -2.18. The number of anilines is 1. The van der Waals surface area contributed by atoms with Gasteiger partial charge in [-0.3, -0.25) is 9.59 Å². The van der Waals surface area contributed by atoms with Crippen LogP contribution < -0.4 is 5.32 Å². The van der Waals surface area contributed by atoms with Crippen molar-refractivity contribution in [1.29, 1.82) is 0 Å². The average molecular weight is 224 g/mol. The standard InChI is InChI=1S/C9H12N4O3/c1-13(2)9(16)6-3-4-7(12-11-6)10-5-8(14)15/h3-4H,5H2,1-2H3,(H,10,12)(H,14,15).